The van der Waals surface area contributed by atoms with Crippen molar-refractivity contribution in [3.05, 3.63) is 29.6 Å². The van der Waals surface area contributed by atoms with Gasteiger partial charge < -0.3 is 5.11 Å². The molecular formula is C13H18FNO3S. The highest BCUT2D eigenvalue weighted by Crippen LogP contribution is 2.35. The Balaban J connectivity index is 2.54. The molecule has 106 valence electrons. The average molecular weight is 287 g/mol. The van der Waals surface area contributed by atoms with E-state index in [1.165, 1.54) is 10.4 Å². The van der Waals surface area contributed by atoms with Gasteiger partial charge in [0.15, 0.2) is 0 Å². The SMILES string of the molecule is CC1(C)CCCN1S(=O)(=O)c1cc(F)ccc1CO. The number of hydrogen-bond acceptors (Lipinski definition) is 3. The van der Waals surface area contributed by atoms with Crippen molar-refractivity contribution < 1.29 is 17.9 Å². The molecule has 0 amide bonds. The Bertz CT molecular complexity index is 584. The lowest BCUT2D eigenvalue weighted by Crippen LogP contribution is -2.42. The summed E-state index contributed by atoms with van der Waals surface area (Å²) in [6.45, 7) is 3.71. The summed E-state index contributed by atoms with van der Waals surface area (Å²) >= 11 is 0. The highest BCUT2D eigenvalue weighted by molar-refractivity contribution is 7.89. The fourth-order valence-corrected chi connectivity index (χ4v) is 4.62. The van der Waals surface area contributed by atoms with E-state index in [-0.39, 0.29) is 10.5 Å². The fraction of sp³-hybridized carbons (Fsp3) is 0.538. The molecule has 0 unspecified atom stereocenters. The predicted molar refractivity (Wildman–Crippen MR) is 69.5 cm³/mol. The zero-order valence-corrected chi connectivity index (χ0v) is 11.9. The van der Waals surface area contributed by atoms with Crippen molar-refractivity contribution >= 4 is 10.0 Å². The van der Waals surface area contributed by atoms with E-state index in [1.54, 1.807) is 0 Å². The van der Waals surface area contributed by atoms with E-state index in [4.69, 9.17) is 0 Å². The Morgan fingerprint density at radius 2 is 2.11 bits per heavy atom. The Morgan fingerprint density at radius 3 is 2.63 bits per heavy atom. The summed E-state index contributed by atoms with van der Waals surface area (Å²) in [6, 6.07) is 3.44. The van der Waals surface area contributed by atoms with Gasteiger partial charge in [-0.15, -0.1) is 0 Å². The first-order chi connectivity index (χ1) is 8.79. The second-order valence-corrected chi connectivity index (χ2v) is 7.23. The standard InChI is InChI=1S/C13H18FNO3S/c1-13(2)6-3-7-15(13)19(17,18)12-8-11(14)5-4-10(12)9-16/h4-5,8,16H,3,6-7,9H2,1-2H3. The minimum Gasteiger partial charge on any atom is -0.392 e. The summed E-state index contributed by atoms with van der Waals surface area (Å²) in [7, 11) is -3.78. The maximum Gasteiger partial charge on any atom is 0.244 e. The monoisotopic (exact) mass is 287 g/mol. The van der Waals surface area contributed by atoms with Gasteiger partial charge in [0, 0.05) is 12.1 Å². The highest BCUT2D eigenvalue weighted by Gasteiger charge is 2.41. The number of benzene rings is 1. The van der Waals surface area contributed by atoms with E-state index in [2.05, 4.69) is 0 Å². The third kappa shape index (κ3) is 2.52. The Morgan fingerprint density at radius 1 is 1.42 bits per heavy atom. The molecule has 0 aromatic heterocycles. The van der Waals surface area contributed by atoms with Crippen molar-refractivity contribution in [2.24, 2.45) is 0 Å². The summed E-state index contributed by atoms with van der Waals surface area (Å²) in [5.74, 6) is -0.618. The van der Waals surface area contributed by atoms with Crippen molar-refractivity contribution in [2.45, 2.75) is 43.7 Å². The zero-order chi connectivity index (χ0) is 14.3. The summed E-state index contributed by atoms with van der Waals surface area (Å²) in [6.07, 6.45) is 1.56. The van der Waals surface area contributed by atoms with Gasteiger partial charge in [0.25, 0.3) is 0 Å². The van der Waals surface area contributed by atoms with Crippen molar-refractivity contribution in [1.29, 1.82) is 0 Å². The van der Waals surface area contributed by atoms with Crippen LogP contribution in [0, 0.1) is 5.82 Å². The molecule has 6 heteroatoms. The van der Waals surface area contributed by atoms with Crippen molar-refractivity contribution in [3.8, 4) is 0 Å². The molecule has 1 aliphatic rings. The number of hydrogen-bond donors (Lipinski definition) is 1. The zero-order valence-electron chi connectivity index (χ0n) is 11.1. The molecule has 0 radical (unpaired) electrons. The summed E-state index contributed by atoms with van der Waals surface area (Å²) in [5.41, 5.74) is -0.248. The lowest BCUT2D eigenvalue weighted by molar-refractivity contribution is 0.273. The third-order valence-corrected chi connectivity index (χ3v) is 5.79. The molecular weight excluding hydrogens is 269 g/mol. The van der Waals surface area contributed by atoms with Crippen molar-refractivity contribution in [1.82, 2.24) is 4.31 Å². The van der Waals surface area contributed by atoms with E-state index >= 15 is 0 Å². The smallest absolute Gasteiger partial charge is 0.244 e. The van der Waals surface area contributed by atoms with Gasteiger partial charge in [0.1, 0.15) is 5.82 Å². The number of aliphatic hydroxyl groups excluding tert-OH is 1. The van der Waals surface area contributed by atoms with Crippen LogP contribution in [0.3, 0.4) is 0 Å². The van der Waals surface area contributed by atoms with E-state index in [1.807, 2.05) is 13.8 Å². The second-order valence-electron chi connectivity index (χ2n) is 5.40. The Hall–Kier alpha value is -0.980. The van der Waals surface area contributed by atoms with Gasteiger partial charge in [-0.2, -0.15) is 4.31 Å². The normalized spacial score (nSPS) is 19.8. The Kier molecular flexibility index (Phi) is 3.68. The summed E-state index contributed by atoms with van der Waals surface area (Å²) in [5, 5.41) is 9.24. The molecule has 19 heavy (non-hydrogen) atoms. The minimum absolute atomic E-state index is 0.134. The first kappa shape index (κ1) is 14.4. The van der Waals surface area contributed by atoms with Crippen molar-refractivity contribution in [2.75, 3.05) is 6.54 Å². The van der Waals surface area contributed by atoms with Crippen LogP contribution in [-0.4, -0.2) is 29.9 Å². The van der Waals surface area contributed by atoms with E-state index in [9.17, 15) is 17.9 Å². The Labute approximate surface area is 112 Å². The van der Waals surface area contributed by atoms with Crippen LogP contribution >= 0.6 is 0 Å². The van der Waals surface area contributed by atoms with E-state index in [0.717, 1.165) is 25.0 Å². The summed E-state index contributed by atoms with van der Waals surface area (Å²) < 4.78 is 40.0. The van der Waals surface area contributed by atoms with Gasteiger partial charge in [-0.25, -0.2) is 12.8 Å². The molecule has 1 heterocycles. The second kappa shape index (κ2) is 4.85. The molecule has 1 aliphatic heterocycles. The maximum atomic E-state index is 13.3. The lowest BCUT2D eigenvalue weighted by atomic mass is 10.0. The topological polar surface area (TPSA) is 57.6 Å². The van der Waals surface area contributed by atoms with E-state index in [0.29, 0.717) is 6.54 Å². The van der Waals surface area contributed by atoms with Crippen LogP contribution < -0.4 is 0 Å². The molecule has 4 nitrogen and oxygen atoms in total. The minimum atomic E-state index is -3.78. The molecule has 1 saturated heterocycles. The molecule has 0 bridgehead atoms. The van der Waals surface area contributed by atoms with Crippen LogP contribution in [0.2, 0.25) is 0 Å². The number of nitrogens with zero attached hydrogens (tertiary/aromatic N) is 1. The van der Waals surface area contributed by atoms with Gasteiger partial charge in [0.05, 0.1) is 11.5 Å². The molecule has 1 aromatic rings. The largest absolute Gasteiger partial charge is 0.392 e. The quantitative estimate of drug-likeness (QED) is 0.923. The number of halogens is 1. The summed E-state index contributed by atoms with van der Waals surface area (Å²) in [4.78, 5) is -0.134. The van der Waals surface area contributed by atoms with Crippen LogP contribution in [0.15, 0.2) is 23.1 Å². The molecule has 1 aromatic carbocycles. The number of rotatable bonds is 3. The number of aliphatic hydroxyl groups is 1. The molecule has 0 atom stereocenters. The first-order valence-corrected chi connectivity index (χ1v) is 7.65. The van der Waals surface area contributed by atoms with Crippen LogP contribution in [0.4, 0.5) is 4.39 Å². The maximum absolute atomic E-state index is 13.3. The van der Waals surface area contributed by atoms with Gasteiger partial charge in [0.2, 0.25) is 10.0 Å². The van der Waals surface area contributed by atoms with Gasteiger partial charge in [-0.3, -0.25) is 0 Å². The molecule has 1 fully saturated rings. The number of sulfonamides is 1. The third-order valence-electron chi connectivity index (χ3n) is 3.59. The molecule has 1 N–H and O–H groups in total. The predicted octanol–water partition coefficient (Wildman–Crippen LogP) is 1.88. The van der Waals surface area contributed by atoms with Crippen LogP contribution in [0.25, 0.3) is 0 Å². The van der Waals surface area contributed by atoms with Crippen LogP contribution in [0.5, 0.6) is 0 Å². The van der Waals surface area contributed by atoms with Crippen LogP contribution in [0.1, 0.15) is 32.3 Å². The molecule has 0 saturated carbocycles. The van der Waals surface area contributed by atoms with E-state index < -0.39 is 28.0 Å². The van der Waals surface area contributed by atoms with Crippen LogP contribution in [-0.2, 0) is 16.6 Å². The molecule has 0 aliphatic carbocycles. The van der Waals surface area contributed by atoms with Gasteiger partial charge in [-0.05, 0) is 44.4 Å². The molecule has 0 spiro atoms. The van der Waals surface area contributed by atoms with Gasteiger partial charge >= 0.3 is 0 Å². The molecule has 2 rings (SSSR count). The average Bonchev–Trinajstić information content (AvgIpc) is 2.69. The van der Waals surface area contributed by atoms with Gasteiger partial charge in [-0.1, -0.05) is 6.07 Å². The first-order valence-electron chi connectivity index (χ1n) is 6.21. The van der Waals surface area contributed by atoms with Crippen molar-refractivity contribution in [3.63, 3.8) is 0 Å². The fourth-order valence-electron chi connectivity index (χ4n) is 2.55. The highest BCUT2D eigenvalue weighted by atomic mass is 32.2. The lowest BCUT2D eigenvalue weighted by Gasteiger charge is -2.31.